The van der Waals surface area contributed by atoms with E-state index in [1.807, 2.05) is 13.0 Å². The maximum Gasteiger partial charge on any atom is 0.264 e. The van der Waals surface area contributed by atoms with Gasteiger partial charge in [0.1, 0.15) is 5.75 Å². The van der Waals surface area contributed by atoms with Gasteiger partial charge in [-0.05, 0) is 24.6 Å². The smallest absolute Gasteiger partial charge is 0.264 e. The largest absolute Gasteiger partial charge is 0.496 e. The van der Waals surface area contributed by atoms with Gasteiger partial charge in [-0.25, -0.2) is 0 Å². The number of fused-ring (bicyclic) bond motifs is 1. The van der Waals surface area contributed by atoms with Gasteiger partial charge in [-0.15, -0.1) is 0 Å². The highest BCUT2D eigenvalue weighted by molar-refractivity contribution is 6.11. The summed E-state index contributed by atoms with van der Waals surface area (Å²) in [7, 11) is 1.49. The van der Waals surface area contributed by atoms with E-state index >= 15 is 0 Å². The number of carbonyl (C=O) groups is 2. The molecule has 5 heteroatoms. The molecule has 3 rings (SSSR count). The van der Waals surface area contributed by atoms with Crippen LogP contribution >= 0.6 is 0 Å². The maximum absolute atomic E-state index is 12.9. The molecule has 2 aromatic rings. The van der Waals surface area contributed by atoms with Gasteiger partial charge in [-0.1, -0.05) is 37.3 Å². The molecule has 0 saturated heterocycles. The van der Waals surface area contributed by atoms with E-state index in [2.05, 4.69) is 0 Å². The standard InChI is InChI=1S/C20H21NO4/c1-3-12-21-16-10-6-5-9-15(16)20(24,19(21)23)13-17(22)14-8-4-7-11-18(14)25-2/h4-11,24H,3,12-13H2,1-2H3/t20-/m1/s1. The van der Waals surface area contributed by atoms with Crippen molar-refractivity contribution in [2.75, 3.05) is 18.6 Å². The fourth-order valence-electron chi connectivity index (χ4n) is 3.33. The first-order valence-electron chi connectivity index (χ1n) is 8.33. The lowest BCUT2D eigenvalue weighted by molar-refractivity contribution is -0.135. The lowest BCUT2D eigenvalue weighted by Gasteiger charge is -2.22. The highest BCUT2D eigenvalue weighted by Gasteiger charge is 2.50. The number of methoxy groups -OCH3 is 1. The Hall–Kier alpha value is -2.66. The fraction of sp³-hybridized carbons (Fsp3) is 0.300. The predicted molar refractivity (Wildman–Crippen MR) is 94.9 cm³/mol. The van der Waals surface area contributed by atoms with E-state index < -0.39 is 11.5 Å². The van der Waals surface area contributed by atoms with Crippen LogP contribution in [0.4, 0.5) is 5.69 Å². The number of rotatable bonds is 6. The van der Waals surface area contributed by atoms with E-state index in [9.17, 15) is 14.7 Å². The van der Waals surface area contributed by atoms with E-state index in [0.29, 0.717) is 29.1 Å². The van der Waals surface area contributed by atoms with Gasteiger partial charge in [-0.3, -0.25) is 9.59 Å². The molecule has 0 bridgehead atoms. The van der Waals surface area contributed by atoms with Gasteiger partial charge in [0.25, 0.3) is 5.91 Å². The number of Topliss-reactive ketones (excluding diaryl/α,β-unsaturated/α-hetero) is 1. The van der Waals surface area contributed by atoms with Crippen LogP contribution < -0.4 is 9.64 Å². The van der Waals surface area contributed by atoms with Crippen LogP contribution in [0.5, 0.6) is 5.75 Å². The number of ether oxygens (including phenoxy) is 1. The molecule has 0 unspecified atom stereocenters. The molecule has 1 heterocycles. The highest BCUT2D eigenvalue weighted by Crippen LogP contribution is 2.43. The van der Waals surface area contributed by atoms with Crippen molar-refractivity contribution in [1.82, 2.24) is 0 Å². The Balaban J connectivity index is 1.98. The zero-order valence-corrected chi connectivity index (χ0v) is 14.4. The normalized spacial score (nSPS) is 19.0. The number of para-hydroxylation sites is 2. The van der Waals surface area contributed by atoms with Crippen LogP contribution in [0.1, 0.15) is 35.7 Å². The molecule has 0 saturated carbocycles. The summed E-state index contributed by atoms with van der Waals surface area (Å²) in [5.41, 5.74) is -0.331. The summed E-state index contributed by atoms with van der Waals surface area (Å²) in [6.07, 6.45) is 0.444. The van der Waals surface area contributed by atoms with Crippen molar-refractivity contribution >= 4 is 17.4 Å². The Morgan fingerprint density at radius 3 is 2.56 bits per heavy atom. The lowest BCUT2D eigenvalue weighted by atomic mass is 9.88. The molecule has 1 aliphatic heterocycles. The van der Waals surface area contributed by atoms with Crippen LogP contribution in [0.2, 0.25) is 0 Å². The second kappa shape index (κ2) is 6.69. The van der Waals surface area contributed by atoms with Crippen LogP contribution in [0.25, 0.3) is 0 Å². The van der Waals surface area contributed by atoms with Crippen molar-refractivity contribution < 1.29 is 19.4 Å². The van der Waals surface area contributed by atoms with Crippen molar-refractivity contribution in [3.05, 3.63) is 59.7 Å². The van der Waals surface area contributed by atoms with Crippen molar-refractivity contribution in [1.29, 1.82) is 0 Å². The molecule has 2 aromatic carbocycles. The Bertz CT molecular complexity index is 817. The van der Waals surface area contributed by atoms with E-state index in [4.69, 9.17) is 4.74 Å². The maximum atomic E-state index is 12.9. The molecule has 1 aliphatic rings. The number of amides is 1. The summed E-state index contributed by atoms with van der Waals surface area (Å²) in [6.45, 7) is 2.47. The van der Waals surface area contributed by atoms with Crippen LogP contribution in [0, 0.1) is 0 Å². The zero-order valence-electron chi connectivity index (χ0n) is 14.4. The molecule has 0 fully saturated rings. The number of ketones is 1. The molecule has 1 amide bonds. The van der Waals surface area contributed by atoms with Gasteiger partial charge >= 0.3 is 0 Å². The van der Waals surface area contributed by atoms with Crippen molar-refractivity contribution in [3.63, 3.8) is 0 Å². The van der Waals surface area contributed by atoms with Crippen LogP contribution in [0.15, 0.2) is 48.5 Å². The first-order valence-corrected chi connectivity index (χ1v) is 8.33. The van der Waals surface area contributed by atoms with E-state index in [1.165, 1.54) is 7.11 Å². The minimum Gasteiger partial charge on any atom is -0.496 e. The SMILES string of the molecule is CCCN1C(=O)[C@@](O)(CC(=O)c2ccccc2OC)c2ccccc21. The third kappa shape index (κ3) is 2.81. The number of anilines is 1. The predicted octanol–water partition coefficient (Wildman–Crippen LogP) is 2.91. The molecule has 1 N–H and O–H groups in total. The van der Waals surface area contributed by atoms with Crippen LogP contribution in [0.3, 0.4) is 0 Å². The second-order valence-corrected chi connectivity index (χ2v) is 6.13. The Morgan fingerprint density at radius 1 is 1.16 bits per heavy atom. The Labute approximate surface area is 146 Å². The third-order valence-corrected chi connectivity index (χ3v) is 4.51. The molecule has 1 atom stereocenters. The minimum atomic E-state index is -1.84. The van der Waals surface area contributed by atoms with E-state index in [1.54, 1.807) is 47.4 Å². The topological polar surface area (TPSA) is 66.8 Å². The molecule has 5 nitrogen and oxygen atoms in total. The lowest BCUT2D eigenvalue weighted by Crippen LogP contribution is -2.42. The van der Waals surface area contributed by atoms with Gasteiger partial charge in [0.05, 0.1) is 24.8 Å². The Morgan fingerprint density at radius 2 is 1.84 bits per heavy atom. The number of hydrogen-bond acceptors (Lipinski definition) is 4. The Kier molecular flexibility index (Phi) is 4.59. The first kappa shape index (κ1) is 17.2. The van der Waals surface area contributed by atoms with Crippen LogP contribution in [-0.4, -0.2) is 30.5 Å². The number of aliphatic hydroxyl groups is 1. The average molecular weight is 339 g/mol. The molecule has 0 spiro atoms. The quantitative estimate of drug-likeness (QED) is 0.822. The molecule has 0 aliphatic carbocycles. The summed E-state index contributed by atoms with van der Waals surface area (Å²) in [6, 6.07) is 13.9. The number of hydrogen-bond donors (Lipinski definition) is 1. The summed E-state index contributed by atoms with van der Waals surface area (Å²) in [5.74, 6) is -0.347. The van der Waals surface area contributed by atoms with Gasteiger partial charge in [0.2, 0.25) is 0 Å². The van der Waals surface area contributed by atoms with Gasteiger partial charge < -0.3 is 14.7 Å². The van der Waals surface area contributed by atoms with Gasteiger partial charge in [0.15, 0.2) is 11.4 Å². The number of carbonyl (C=O) groups excluding carboxylic acids is 2. The average Bonchev–Trinajstić information content (AvgIpc) is 2.84. The van der Waals surface area contributed by atoms with Crippen molar-refractivity contribution in [2.24, 2.45) is 0 Å². The summed E-state index contributed by atoms with van der Waals surface area (Å²) < 4.78 is 5.22. The summed E-state index contributed by atoms with van der Waals surface area (Å²) in [4.78, 5) is 27.2. The fourth-order valence-corrected chi connectivity index (χ4v) is 3.33. The summed E-state index contributed by atoms with van der Waals surface area (Å²) >= 11 is 0. The molecule has 0 radical (unpaired) electrons. The summed E-state index contributed by atoms with van der Waals surface area (Å²) in [5, 5.41) is 11.2. The molecule has 25 heavy (non-hydrogen) atoms. The monoisotopic (exact) mass is 339 g/mol. The molecular formula is C20H21NO4. The molecule has 130 valence electrons. The third-order valence-electron chi connectivity index (χ3n) is 4.51. The van der Waals surface area contributed by atoms with E-state index in [0.717, 1.165) is 6.42 Å². The highest BCUT2D eigenvalue weighted by atomic mass is 16.5. The van der Waals surface area contributed by atoms with Crippen molar-refractivity contribution in [2.45, 2.75) is 25.4 Å². The first-order chi connectivity index (χ1) is 12.0. The number of nitrogens with zero attached hydrogens (tertiary/aromatic N) is 1. The zero-order chi connectivity index (χ0) is 18.0. The molecule has 0 aromatic heterocycles. The number of benzene rings is 2. The van der Waals surface area contributed by atoms with Crippen LogP contribution in [-0.2, 0) is 10.4 Å². The molecular weight excluding hydrogens is 318 g/mol. The van der Waals surface area contributed by atoms with Crippen molar-refractivity contribution in [3.8, 4) is 5.75 Å². The van der Waals surface area contributed by atoms with Gasteiger partial charge in [0, 0.05) is 12.1 Å². The van der Waals surface area contributed by atoms with E-state index in [-0.39, 0.29) is 12.2 Å². The second-order valence-electron chi connectivity index (χ2n) is 6.13. The van der Waals surface area contributed by atoms with Gasteiger partial charge in [-0.2, -0.15) is 0 Å². The minimum absolute atomic E-state index is 0.316.